The number of thiazole rings is 1. The van der Waals surface area contributed by atoms with Crippen LogP contribution in [0.5, 0.6) is 0 Å². The van der Waals surface area contributed by atoms with Crippen molar-refractivity contribution in [1.29, 1.82) is 0 Å². The molecule has 3 aromatic rings. The number of hydrogen-bond acceptors (Lipinski definition) is 5. The molecule has 0 aliphatic carbocycles. The summed E-state index contributed by atoms with van der Waals surface area (Å²) in [7, 11) is 1.59. The summed E-state index contributed by atoms with van der Waals surface area (Å²) in [5, 5.41) is 12.0. The van der Waals surface area contributed by atoms with Gasteiger partial charge in [0, 0.05) is 35.5 Å². The van der Waals surface area contributed by atoms with Gasteiger partial charge in [0.1, 0.15) is 10.7 Å². The number of nitrogens with one attached hydrogen (secondary N) is 2. The van der Waals surface area contributed by atoms with Crippen molar-refractivity contribution < 1.29 is 9.59 Å². The van der Waals surface area contributed by atoms with Gasteiger partial charge in [-0.1, -0.05) is 12.1 Å². The molecule has 7 heteroatoms. The topological polar surface area (TPSA) is 71.1 Å². The van der Waals surface area contributed by atoms with Crippen molar-refractivity contribution in [3.8, 4) is 10.6 Å². The van der Waals surface area contributed by atoms with Crippen LogP contribution in [-0.2, 0) is 6.54 Å². The van der Waals surface area contributed by atoms with E-state index < -0.39 is 0 Å². The van der Waals surface area contributed by atoms with E-state index in [-0.39, 0.29) is 11.8 Å². The number of nitrogens with zero attached hydrogens (tertiary/aromatic N) is 1. The molecule has 2 aromatic heterocycles. The summed E-state index contributed by atoms with van der Waals surface area (Å²) in [5.74, 6) is -0.336. The maximum atomic E-state index is 12.2. The highest BCUT2D eigenvalue weighted by atomic mass is 32.1. The van der Waals surface area contributed by atoms with Crippen molar-refractivity contribution >= 4 is 34.5 Å². The minimum absolute atomic E-state index is 0.131. The van der Waals surface area contributed by atoms with Crippen LogP contribution in [0.3, 0.4) is 0 Å². The lowest BCUT2D eigenvalue weighted by Crippen LogP contribution is -2.23. The first-order valence-electron chi connectivity index (χ1n) is 7.24. The van der Waals surface area contributed by atoms with E-state index in [1.807, 2.05) is 29.0 Å². The van der Waals surface area contributed by atoms with Gasteiger partial charge in [-0.3, -0.25) is 9.59 Å². The van der Waals surface area contributed by atoms with Crippen LogP contribution in [0.1, 0.15) is 26.4 Å². The standard InChI is InChI=1S/C17H15N3O2S2/c1-18-15(21)12-4-2-11(3-5-12)8-19-16(22)14-10-24-17(20-14)13-6-7-23-9-13/h2-7,9-10H,8H2,1H3,(H,18,21)(H,19,22). The van der Waals surface area contributed by atoms with E-state index in [2.05, 4.69) is 15.6 Å². The largest absolute Gasteiger partial charge is 0.355 e. The predicted molar refractivity (Wildman–Crippen MR) is 96.4 cm³/mol. The zero-order chi connectivity index (χ0) is 16.9. The Bertz CT molecular complexity index is 839. The zero-order valence-corrected chi connectivity index (χ0v) is 14.5. The summed E-state index contributed by atoms with van der Waals surface area (Å²) in [4.78, 5) is 28.1. The second-order valence-electron chi connectivity index (χ2n) is 5.01. The summed E-state index contributed by atoms with van der Waals surface area (Å²) in [6, 6.07) is 9.10. The highest BCUT2D eigenvalue weighted by Gasteiger charge is 2.12. The maximum Gasteiger partial charge on any atom is 0.271 e. The Balaban J connectivity index is 1.60. The fourth-order valence-electron chi connectivity index (χ4n) is 2.09. The van der Waals surface area contributed by atoms with Gasteiger partial charge in [-0.2, -0.15) is 11.3 Å². The Hall–Kier alpha value is -2.51. The number of hydrogen-bond donors (Lipinski definition) is 2. The smallest absolute Gasteiger partial charge is 0.271 e. The molecule has 0 spiro atoms. The van der Waals surface area contributed by atoms with Crippen LogP contribution in [0.4, 0.5) is 0 Å². The fraction of sp³-hybridized carbons (Fsp3) is 0.118. The number of aromatic nitrogens is 1. The van der Waals surface area contributed by atoms with Crippen LogP contribution in [0.25, 0.3) is 10.6 Å². The molecule has 2 heterocycles. The molecule has 0 saturated heterocycles. The van der Waals surface area contributed by atoms with Crippen LogP contribution >= 0.6 is 22.7 Å². The van der Waals surface area contributed by atoms with Crippen molar-refractivity contribution in [1.82, 2.24) is 15.6 Å². The first-order chi connectivity index (χ1) is 11.7. The number of carbonyl (C=O) groups is 2. The maximum absolute atomic E-state index is 12.2. The minimum atomic E-state index is -0.205. The lowest BCUT2D eigenvalue weighted by molar-refractivity contribution is 0.0942. The third-order valence-electron chi connectivity index (χ3n) is 3.40. The molecular weight excluding hydrogens is 342 g/mol. The molecule has 0 saturated carbocycles. The summed E-state index contributed by atoms with van der Waals surface area (Å²) in [6.07, 6.45) is 0. The average Bonchev–Trinajstić information content (AvgIpc) is 3.30. The van der Waals surface area contributed by atoms with Crippen LogP contribution in [0, 0.1) is 0 Å². The van der Waals surface area contributed by atoms with Gasteiger partial charge in [-0.25, -0.2) is 4.98 Å². The first kappa shape index (κ1) is 16.4. The summed E-state index contributed by atoms with van der Waals surface area (Å²) >= 11 is 3.06. The van der Waals surface area contributed by atoms with Crippen molar-refractivity contribution in [2.24, 2.45) is 0 Å². The summed E-state index contributed by atoms with van der Waals surface area (Å²) < 4.78 is 0. The fourth-order valence-corrected chi connectivity index (χ4v) is 3.60. The van der Waals surface area contributed by atoms with E-state index in [9.17, 15) is 9.59 Å². The molecule has 0 radical (unpaired) electrons. The van der Waals surface area contributed by atoms with Crippen molar-refractivity contribution in [3.05, 3.63) is 63.3 Å². The number of benzene rings is 1. The molecule has 3 rings (SSSR count). The number of carbonyl (C=O) groups excluding carboxylic acids is 2. The third kappa shape index (κ3) is 3.69. The van der Waals surface area contributed by atoms with Gasteiger partial charge in [-0.05, 0) is 29.1 Å². The Morgan fingerprint density at radius 2 is 1.88 bits per heavy atom. The summed E-state index contributed by atoms with van der Waals surface area (Å²) in [6.45, 7) is 0.387. The normalized spacial score (nSPS) is 10.4. The van der Waals surface area contributed by atoms with Gasteiger partial charge < -0.3 is 10.6 Å². The van der Waals surface area contributed by atoms with Gasteiger partial charge >= 0.3 is 0 Å². The zero-order valence-electron chi connectivity index (χ0n) is 12.9. The molecule has 2 amide bonds. The third-order valence-corrected chi connectivity index (χ3v) is 4.98. The molecular formula is C17H15N3O2S2. The Labute approximate surface area is 147 Å². The molecule has 0 aliphatic heterocycles. The van der Waals surface area contributed by atoms with Crippen LogP contribution in [0.15, 0.2) is 46.5 Å². The SMILES string of the molecule is CNC(=O)c1ccc(CNC(=O)c2csc(-c3ccsc3)n2)cc1. The predicted octanol–water partition coefficient (Wildman–Crippen LogP) is 3.16. The highest BCUT2D eigenvalue weighted by molar-refractivity contribution is 7.14. The lowest BCUT2D eigenvalue weighted by Gasteiger charge is -2.05. The van der Waals surface area contributed by atoms with Crippen LogP contribution in [0.2, 0.25) is 0 Å². The van der Waals surface area contributed by atoms with Crippen LogP contribution < -0.4 is 10.6 Å². The monoisotopic (exact) mass is 357 g/mol. The molecule has 0 fully saturated rings. The van der Waals surface area contributed by atoms with Gasteiger partial charge in [0.2, 0.25) is 0 Å². The molecule has 0 aliphatic rings. The van der Waals surface area contributed by atoms with Crippen molar-refractivity contribution in [2.45, 2.75) is 6.54 Å². The van der Waals surface area contributed by atoms with E-state index in [1.54, 1.807) is 35.9 Å². The molecule has 5 nitrogen and oxygen atoms in total. The molecule has 122 valence electrons. The Morgan fingerprint density at radius 1 is 1.08 bits per heavy atom. The second kappa shape index (κ2) is 7.37. The quantitative estimate of drug-likeness (QED) is 0.737. The van der Waals surface area contributed by atoms with Gasteiger partial charge in [0.25, 0.3) is 11.8 Å². The average molecular weight is 357 g/mol. The minimum Gasteiger partial charge on any atom is -0.355 e. The molecule has 0 atom stereocenters. The Kier molecular flexibility index (Phi) is 5.02. The van der Waals surface area contributed by atoms with E-state index in [4.69, 9.17) is 0 Å². The molecule has 2 N–H and O–H groups in total. The van der Waals surface area contributed by atoms with Crippen molar-refractivity contribution in [2.75, 3.05) is 7.05 Å². The molecule has 0 bridgehead atoms. The Morgan fingerprint density at radius 3 is 2.54 bits per heavy atom. The highest BCUT2D eigenvalue weighted by Crippen LogP contribution is 2.25. The molecule has 0 unspecified atom stereocenters. The van der Waals surface area contributed by atoms with Gasteiger partial charge in [0.05, 0.1) is 0 Å². The number of amides is 2. The lowest BCUT2D eigenvalue weighted by atomic mass is 10.1. The van der Waals surface area contributed by atoms with E-state index >= 15 is 0 Å². The van der Waals surface area contributed by atoms with Crippen LogP contribution in [-0.4, -0.2) is 23.8 Å². The van der Waals surface area contributed by atoms with Gasteiger partial charge in [-0.15, -0.1) is 11.3 Å². The molecule has 24 heavy (non-hydrogen) atoms. The second-order valence-corrected chi connectivity index (χ2v) is 6.65. The van der Waals surface area contributed by atoms with E-state index in [0.29, 0.717) is 17.8 Å². The summed E-state index contributed by atoms with van der Waals surface area (Å²) in [5.41, 5.74) is 2.97. The van der Waals surface area contributed by atoms with E-state index in [0.717, 1.165) is 16.1 Å². The number of thiophene rings is 1. The van der Waals surface area contributed by atoms with Crippen molar-refractivity contribution in [3.63, 3.8) is 0 Å². The first-order valence-corrected chi connectivity index (χ1v) is 9.07. The molecule has 1 aromatic carbocycles. The number of rotatable bonds is 5. The van der Waals surface area contributed by atoms with Gasteiger partial charge in [0.15, 0.2) is 0 Å². The van der Waals surface area contributed by atoms with E-state index in [1.165, 1.54) is 11.3 Å².